The molecule has 1 heterocycles. The molecular formula is C16H19BrClNS. The van der Waals surface area contributed by atoms with Crippen LogP contribution in [0.2, 0.25) is 5.02 Å². The van der Waals surface area contributed by atoms with E-state index in [1.807, 2.05) is 17.4 Å². The molecule has 0 aliphatic heterocycles. The van der Waals surface area contributed by atoms with Gasteiger partial charge in [0.2, 0.25) is 0 Å². The lowest BCUT2D eigenvalue weighted by Gasteiger charge is -2.19. The normalized spacial score (nSPS) is 12.7. The van der Waals surface area contributed by atoms with E-state index in [4.69, 9.17) is 11.6 Å². The molecule has 0 radical (unpaired) electrons. The Morgan fingerprint density at radius 3 is 2.60 bits per heavy atom. The highest BCUT2D eigenvalue weighted by Crippen LogP contribution is 2.36. The Bertz CT molecular complexity index is 575. The molecule has 1 nitrogen and oxygen atoms in total. The highest BCUT2D eigenvalue weighted by atomic mass is 79.9. The third-order valence-corrected chi connectivity index (χ3v) is 5.75. The van der Waals surface area contributed by atoms with E-state index in [1.54, 1.807) is 0 Å². The molecule has 2 aromatic rings. The van der Waals surface area contributed by atoms with Crippen LogP contribution in [0.4, 0.5) is 0 Å². The quantitative estimate of drug-likeness (QED) is 0.692. The minimum absolute atomic E-state index is 0.165. The third kappa shape index (κ3) is 3.64. The first-order valence-electron chi connectivity index (χ1n) is 6.78. The lowest BCUT2D eigenvalue weighted by atomic mass is 10.0. The molecule has 0 amide bonds. The third-order valence-electron chi connectivity index (χ3n) is 3.23. The summed E-state index contributed by atoms with van der Waals surface area (Å²) < 4.78 is 1.17. The van der Waals surface area contributed by atoms with Gasteiger partial charge in [0.15, 0.2) is 0 Å². The number of benzene rings is 1. The van der Waals surface area contributed by atoms with Gasteiger partial charge in [0, 0.05) is 19.2 Å². The zero-order chi connectivity index (χ0) is 14.7. The van der Waals surface area contributed by atoms with Gasteiger partial charge in [-0.1, -0.05) is 30.7 Å². The first-order valence-corrected chi connectivity index (χ1v) is 8.77. The van der Waals surface area contributed by atoms with Crippen molar-refractivity contribution in [2.45, 2.75) is 33.2 Å². The van der Waals surface area contributed by atoms with Gasteiger partial charge in [-0.2, -0.15) is 0 Å². The molecule has 0 spiro atoms. The van der Waals surface area contributed by atoms with Crippen molar-refractivity contribution in [3.8, 4) is 0 Å². The molecule has 1 aromatic heterocycles. The van der Waals surface area contributed by atoms with E-state index in [-0.39, 0.29) is 6.04 Å². The van der Waals surface area contributed by atoms with Gasteiger partial charge >= 0.3 is 0 Å². The van der Waals surface area contributed by atoms with Gasteiger partial charge in [-0.25, -0.2) is 0 Å². The van der Waals surface area contributed by atoms with Crippen molar-refractivity contribution in [2.24, 2.45) is 0 Å². The van der Waals surface area contributed by atoms with Gasteiger partial charge in [0.1, 0.15) is 0 Å². The summed E-state index contributed by atoms with van der Waals surface area (Å²) in [6, 6.07) is 8.65. The molecule has 1 aromatic carbocycles. The van der Waals surface area contributed by atoms with Crippen LogP contribution in [0.15, 0.2) is 28.7 Å². The lowest BCUT2D eigenvalue weighted by molar-refractivity contribution is 0.606. The Balaban J connectivity index is 2.41. The molecule has 0 aliphatic carbocycles. The van der Waals surface area contributed by atoms with Crippen molar-refractivity contribution in [3.05, 3.63) is 54.6 Å². The molecule has 0 saturated heterocycles. The maximum Gasteiger partial charge on any atom is 0.0686 e. The van der Waals surface area contributed by atoms with Crippen LogP contribution in [-0.2, 0) is 0 Å². The fraction of sp³-hybridized carbons (Fsp3) is 0.375. The Morgan fingerprint density at radius 2 is 2.05 bits per heavy atom. The molecule has 20 heavy (non-hydrogen) atoms. The molecule has 0 aliphatic rings. The minimum atomic E-state index is 0.165. The second-order valence-corrected chi connectivity index (χ2v) is 7.51. The summed E-state index contributed by atoms with van der Waals surface area (Å²) in [5.74, 6) is 0. The summed E-state index contributed by atoms with van der Waals surface area (Å²) in [5, 5.41) is 4.44. The SMILES string of the molecule is CCCNC(c1cc(Br)c(C)s1)c1ccc(C)cc1Cl. The van der Waals surface area contributed by atoms with Gasteiger partial charge in [-0.3, -0.25) is 0 Å². The van der Waals surface area contributed by atoms with Crippen molar-refractivity contribution < 1.29 is 0 Å². The molecule has 1 atom stereocenters. The number of aryl methyl sites for hydroxylation is 2. The Labute approximate surface area is 138 Å². The van der Waals surface area contributed by atoms with E-state index >= 15 is 0 Å². The summed E-state index contributed by atoms with van der Waals surface area (Å²) in [6.07, 6.45) is 1.10. The fourth-order valence-electron chi connectivity index (χ4n) is 2.14. The van der Waals surface area contributed by atoms with E-state index in [9.17, 15) is 0 Å². The molecule has 1 N–H and O–H groups in total. The molecule has 4 heteroatoms. The van der Waals surface area contributed by atoms with Gasteiger partial charge in [0.25, 0.3) is 0 Å². The van der Waals surface area contributed by atoms with E-state index < -0.39 is 0 Å². The van der Waals surface area contributed by atoms with Crippen LogP contribution in [0.3, 0.4) is 0 Å². The molecule has 1 unspecified atom stereocenters. The number of nitrogens with one attached hydrogen (secondary N) is 1. The van der Waals surface area contributed by atoms with Gasteiger partial charge in [0.05, 0.1) is 6.04 Å². The first kappa shape index (κ1) is 16.0. The highest BCUT2D eigenvalue weighted by Gasteiger charge is 2.19. The van der Waals surface area contributed by atoms with E-state index in [1.165, 1.54) is 19.8 Å². The summed E-state index contributed by atoms with van der Waals surface area (Å²) in [5.41, 5.74) is 2.34. The topological polar surface area (TPSA) is 12.0 Å². The Morgan fingerprint density at radius 1 is 1.30 bits per heavy atom. The van der Waals surface area contributed by atoms with Gasteiger partial charge in [-0.15, -0.1) is 11.3 Å². The van der Waals surface area contributed by atoms with Gasteiger partial charge in [-0.05, 0) is 66.0 Å². The van der Waals surface area contributed by atoms with Crippen LogP contribution in [0, 0.1) is 13.8 Å². The molecule has 0 fully saturated rings. The number of hydrogen-bond acceptors (Lipinski definition) is 2. The molecule has 0 bridgehead atoms. The van der Waals surface area contributed by atoms with Crippen LogP contribution in [0.1, 0.15) is 40.3 Å². The van der Waals surface area contributed by atoms with Gasteiger partial charge < -0.3 is 5.32 Å². The summed E-state index contributed by atoms with van der Waals surface area (Å²) in [4.78, 5) is 2.60. The fourth-order valence-corrected chi connectivity index (χ4v) is 4.14. The maximum absolute atomic E-state index is 6.45. The van der Waals surface area contributed by atoms with Crippen molar-refractivity contribution >= 4 is 38.9 Å². The van der Waals surface area contributed by atoms with Crippen LogP contribution >= 0.6 is 38.9 Å². The standard InChI is InChI=1S/C16H19BrClNS/c1-4-7-19-16(15-9-13(17)11(3)20-15)12-6-5-10(2)8-14(12)18/h5-6,8-9,16,19H,4,7H2,1-3H3. The molecule has 0 saturated carbocycles. The van der Waals surface area contributed by atoms with E-state index in [2.05, 4.69) is 60.2 Å². The van der Waals surface area contributed by atoms with Crippen molar-refractivity contribution in [1.29, 1.82) is 0 Å². The van der Waals surface area contributed by atoms with E-state index in [0.29, 0.717) is 0 Å². The largest absolute Gasteiger partial charge is 0.306 e. The predicted octanol–water partition coefficient (Wildman–Crippen LogP) is 5.87. The average Bonchev–Trinajstić information content (AvgIpc) is 2.72. The maximum atomic E-state index is 6.45. The average molecular weight is 373 g/mol. The van der Waals surface area contributed by atoms with Crippen molar-refractivity contribution in [2.75, 3.05) is 6.54 Å². The summed E-state index contributed by atoms with van der Waals surface area (Å²) in [6.45, 7) is 7.35. The zero-order valence-corrected chi connectivity index (χ0v) is 15.1. The molecular weight excluding hydrogens is 354 g/mol. The van der Waals surface area contributed by atoms with Crippen molar-refractivity contribution in [1.82, 2.24) is 5.32 Å². The van der Waals surface area contributed by atoms with Crippen LogP contribution in [-0.4, -0.2) is 6.54 Å². The summed E-state index contributed by atoms with van der Waals surface area (Å²) >= 11 is 11.9. The number of hydrogen-bond donors (Lipinski definition) is 1. The van der Waals surface area contributed by atoms with Crippen LogP contribution < -0.4 is 5.32 Å². The number of rotatable bonds is 5. The Hall–Kier alpha value is -0.350. The number of halogens is 2. The van der Waals surface area contributed by atoms with E-state index in [0.717, 1.165) is 23.6 Å². The Kier molecular flexibility index (Phi) is 5.67. The number of thiophene rings is 1. The second kappa shape index (κ2) is 7.08. The first-order chi connectivity index (χ1) is 9.52. The molecule has 108 valence electrons. The molecule has 2 rings (SSSR count). The smallest absolute Gasteiger partial charge is 0.0686 e. The highest BCUT2D eigenvalue weighted by molar-refractivity contribution is 9.10. The summed E-state index contributed by atoms with van der Waals surface area (Å²) in [7, 11) is 0. The second-order valence-electron chi connectivity index (χ2n) is 4.96. The van der Waals surface area contributed by atoms with Crippen LogP contribution in [0.25, 0.3) is 0 Å². The minimum Gasteiger partial charge on any atom is -0.306 e. The van der Waals surface area contributed by atoms with Crippen LogP contribution in [0.5, 0.6) is 0 Å². The zero-order valence-electron chi connectivity index (χ0n) is 12.0. The monoisotopic (exact) mass is 371 g/mol. The lowest BCUT2D eigenvalue weighted by Crippen LogP contribution is -2.22. The predicted molar refractivity (Wildman–Crippen MR) is 93.1 cm³/mol. The van der Waals surface area contributed by atoms with Crippen molar-refractivity contribution in [3.63, 3.8) is 0 Å².